The predicted molar refractivity (Wildman–Crippen MR) is 74.0 cm³/mol. The van der Waals surface area contributed by atoms with Gasteiger partial charge in [-0.05, 0) is 26.7 Å². The lowest BCUT2D eigenvalue weighted by molar-refractivity contribution is 0.224. The van der Waals surface area contributed by atoms with E-state index in [2.05, 4.69) is 10.6 Å². The molecule has 0 aliphatic carbocycles. The van der Waals surface area contributed by atoms with E-state index >= 15 is 0 Å². The lowest BCUT2D eigenvalue weighted by Crippen LogP contribution is -2.51. The molecule has 0 atom stereocenters. The summed E-state index contributed by atoms with van der Waals surface area (Å²) in [5, 5.41) is 5.63. The van der Waals surface area contributed by atoms with Crippen LogP contribution in [0.2, 0.25) is 0 Å². The van der Waals surface area contributed by atoms with E-state index in [1.54, 1.807) is 0 Å². The third-order valence-corrected chi connectivity index (χ3v) is 4.94. The predicted octanol–water partition coefficient (Wildman–Crippen LogP) is -0.0352. The van der Waals surface area contributed by atoms with Gasteiger partial charge in [-0.15, -0.1) is 0 Å². The Balaban J connectivity index is 2.44. The standard InChI is InChI=1S/C11H24N4O3S/c1-9(2)12-11(16)13-10-5-7-15(8-6-10)19(17,18)14(3)4/h9-10H,5-8H2,1-4H3,(H2,12,13,16). The van der Waals surface area contributed by atoms with Gasteiger partial charge in [0.15, 0.2) is 0 Å². The molecule has 1 heterocycles. The van der Waals surface area contributed by atoms with E-state index in [4.69, 9.17) is 0 Å². The van der Waals surface area contributed by atoms with E-state index in [1.807, 2.05) is 13.8 Å². The number of carbonyl (C=O) groups is 1. The number of piperidine rings is 1. The van der Waals surface area contributed by atoms with Gasteiger partial charge in [0.2, 0.25) is 0 Å². The molecular formula is C11H24N4O3S. The Hall–Kier alpha value is -0.860. The van der Waals surface area contributed by atoms with Crippen molar-refractivity contribution in [3.8, 4) is 0 Å². The Morgan fingerprint density at radius 2 is 1.79 bits per heavy atom. The van der Waals surface area contributed by atoms with Crippen LogP contribution in [-0.2, 0) is 10.2 Å². The molecule has 19 heavy (non-hydrogen) atoms. The maximum atomic E-state index is 11.9. The zero-order valence-corrected chi connectivity index (χ0v) is 12.8. The van der Waals surface area contributed by atoms with Crippen molar-refractivity contribution in [1.82, 2.24) is 19.2 Å². The molecule has 7 nitrogen and oxygen atoms in total. The minimum absolute atomic E-state index is 0.0346. The topological polar surface area (TPSA) is 81.8 Å². The van der Waals surface area contributed by atoms with Crippen LogP contribution >= 0.6 is 0 Å². The highest BCUT2D eigenvalue weighted by molar-refractivity contribution is 7.86. The summed E-state index contributed by atoms with van der Waals surface area (Å²) in [6.07, 6.45) is 1.27. The molecule has 0 aromatic rings. The zero-order valence-electron chi connectivity index (χ0n) is 12.0. The smallest absolute Gasteiger partial charge is 0.315 e. The number of amides is 2. The summed E-state index contributed by atoms with van der Waals surface area (Å²) in [6, 6.07) is -0.0644. The zero-order chi connectivity index (χ0) is 14.6. The summed E-state index contributed by atoms with van der Waals surface area (Å²) in [5.41, 5.74) is 0. The average molecular weight is 292 g/mol. The number of rotatable bonds is 4. The summed E-state index contributed by atoms with van der Waals surface area (Å²) in [6.45, 7) is 4.66. The van der Waals surface area contributed by atoms with Crippen molar-refractivity contribution in [1.29, 1.82) is 0 Å². The summed E-state index contributed by atoms with van der Waals surface area (Å²) in [5.74, 6) is 0. The molecule has 2 amide bonds. The van der Waals surface area contributed by atoms with Crippen LogP contribution in [0.5, 0.6) is 0 Å². The lowest BCUT2D eigenvalue weighted by Gasteiger charge is -2.33. The van der Waals surface area contributed by atoms with Gasteiger partial charge in [0.1, 0.15) is 0 Å². The number of hydrogen-bond donors (Lipinski definition) is 2. The maximum absolute atomic E-state index is 11.9. The van der Waals surface area contributed by atoms with Crippen molar-refractivity contribution in [2.24, 2.45) is 0 Å². The van der Waals surface area contributed by atoms with Gasteiger partial charge >= 0.3 is 6.03 Å². The first-order valence-corrected chi connectivity index (χ1v) is 7.87. The van der Waals surface area contributed by atoms with Gasteiger partial charge in [0, 0.05) is 39.3 Å². The first-order valence-electron chi connectivity index (χ1n) is 6.48. The van der Waals surface area contributed by atoms with E-state index in [1.165, 1.54) is 22.7 Å². The van der Waals surface area contributed by atoms with E-state index in [-0.39, 0.29) is 18.1 Å². The van der Waals surface area contributed by atoms with Gasteiger partial charge in [-0.1, -0.05) is 0 Å². The Labute approximate surface area is 115 Å². The van der Waals surface area contributed by atoms with Crippen LogP contribution in [0.1, 0.15) is 26.7 Å². The highest BCUT2D eigenvalue weighted by Crippen LogP contribution is 2.15. The second kappa shape index (κ2) is 6.53. The third kappa shape index (κ3) is 4.63. The van der Waals surface area contributed by atoms with Crippen LogP contribution in [0.4, 0.5) is 4.79 Å². The second-order valence-electron chi connectivity index (χ2n) is 5.24. The van der Waals surface area contributed by atoms with Crippen LogP contribution in [0, 0.1) is 0 Å². The molecule has 1 rings (SSSR count). The van der Waals surface area contributed by atoms with Crippen LogP contribution in [0.3, 0.4) is 0 Å². The molecule has 0 aromatic carbocycles. The minimum atomic E-state index is -3.33. The highest BCUT2D eigenvalue weighted by Gasteiger charge is 2.29. The molecule has 0 bridgehead atoms. The summed E-state index contributed by atoms with van der Waals surface area (Å²) in [7, 11) is -0.285. The van der Waals surface area contributed by atoms with Crippen LogP contribution in [0.15, 0.2) is 0 Å². The molecule has 1 saturated heterocycles. The SMILES string of the molecule is CC(C)NC(=O)NC1CCN(S(=O)(=O)N(C)C)CC1. The fraction of sp³-hybridized carbons (Fsp3) is 0.909. The fourth-order valence-corrected chi connectivity index (χ4v) is 3.09. The molecule has 2 N–H and O–H groups in total. The van der Waals surface area contributed by atoms with Gasteiger partial charge in [0.25, 0.3) is 10.2 Å². The Bertz CT molecular complexity index is 400. The van der Waals surface area contributed by atoms with E-state index in [0.29, 0.717) is 25.9 Å². The molecule has 0 unspecified atom stereocenters. The quantitative estimate of drug-likeness (QED) is 0.763. The Morgan fingerprint density at radius 1 is 1.26 bits per heavy atom. The second-order valence-corrected chi connectivity index (χ2v) is 7.38. The molecule has 1 aliphatic heterocycles. The average Bonchev–Trinajstić information content (AvgIpc) is 2.28. The largest absolute Gasteiger partial charge is 0.336 e. The number of hydrogen-bond acceptors (Lipinski definition) is 3. The molecule has 1 aliphatic rings. The van der Waals surface area contributed by atoms with E-state index in [0.717, 1.165) is 0 Å². The maximum Gasteiger partial charge on any atom is 0.315 e. The van der Waals surface area contributed by atoms with Gasteiger partial charge in [-0.25, -0.2) is 4.79 Å². The molecule has 112 valence electrons. The minimum Gasteiger partial charge on any atom is -0.336 e. The molecule has 1 fully saturated rings. The number of nitrogens with one attached hydrogen (secondary N) is 2. The van der Waals surface area contributed by atoms with Gasteiger partial charge in [-0.3, -0.25) is 0 Å². The number of carbonyl (C=O) groups excluding carboxylic acids is 1. The summed E-state index contributed by atoms with van der Waals surface area (Å²) < 4.78 is 26.5. The van der Waals surface area contributed by atoms with E-state index < -0.39 is 10.2 Å². The highest BCUT2D eigenvalue weighted by atomic mass is 32.2. The molecular weight excluding hydrogens is 268 g/mol. The molecule has 0 spiro atoms. The normalized spacial score (nSPS) is 18.8. The number of urea groups is 1. The van der Waals surface area contributed by atoms with Gasteiger partial charge < -0.3 is 10.6 Å². The Kier molecular flexibility index (Phi) is 5.57. The molecule has 0 saturated carbocycles. The van der Waals surface area contributed by atoms with Crippen molar-refractivity contribution in [3.63, 3.8) is 0 Å². The first-order chi connectivity index (χ1) is 8.73. The summed E-state index contributed by atoms with van der Waals surface area (Å²) in [4.78, 5) is 11.5. The Morgan fingerprint density at radius 3 is 2.21 bits per heavy atom. The third-order valence-electron chi connectivity index (χ3n) is 3.00. The van der Waals surface area contributed by atoms with Crippen molar-refractivity contribution < 1.29 is 13.2 Å². The summed E-state index contributed by atoms with van der Waals surface area (Å²) >= 11 is 0. The van der Waals surface area contributed by atoms with Crippen LogP contribution in [-0.4, -0.2) is 62.3 Å². The van der Waals surface area contributed by atoms with Crippen molar-refractivity contribution in [3.05, 3.63) is 0 Å². The van der Waals surface area contributed by atoms with Crippen LogP contribution < -0.4 is 10.6 Å². The van der Waals surface area contributed by atoms with Gasteiger partial charge in [-0.2, -0.15) is 17.0 Å². The van der Waals surface area contributed by atoms with Crippen molar-refractivity contribution in [2.75, 3.05) is 27.2 Å². The molecule has 0 radical (unpaired) electrons. The molecule has 0 aromatic heterocycles. The lowest BCUT2D eigenvalue weighted by atomic mass is 10.1. The van der Waals surface area contributed by atoms with Gasteiger partial charge in [0.05, 0.1) is 0 Å². The molecule has 8 heteroatoms. The fourth-order valence-electron chi connectivity index (χ4n) is 1.95. The van der Waals surface area contributed by atoms with Crippen molar-refractivity contribution in [2.45, 2.75) is 38.8 Å². The van der Waals surface area contributed by atoms with Crippen LogP contribution in [0.25, 0.3) is 0 Å². The first kappa shape index (κ1) is 16.2. The monoisotopic (exact) mass is 292 g/mol. The van der Waals surface area contributed by atoms with E-state index in [9.17, 15) is 13.2 Å². The number of nitrogens with zero attached hydrogens (tertiary/aromatic N) is 2. The van der Waals surface area contributed by atoms with Crippen molar-refractivity contribution >= 4 is 16.2 Å².